The summed E-state index contributed by atoms with van der Waals surface area (Å²) in [6.07, 6.45) is 5.31. The van der Waals surface area contributed by atoms with Gasteiger partial charge in [0.05, 0.1) is 5.69 Å². The Labute approximate surface area is 151 Å². The first-order valence-corrected chi connectivity index (χ1v) is 9.75. The molecule has 1 saturated heterocycles. The van der Waals surface area contributed by atoms with E-state index in [0.717, 1.165) is 24.9 Å². The quantitative estimate of drug-likeness (QED) is 0.837. The highest BCUT2D eigenvalue weighted by Crippen LogP contribution is 2.39. The molecule has 0 radical (unpaired) electrons. The summed E-state index contributed by atoms with van der Waals surface area (Å²) in [7, 11) is 2.24. The summed E-state index contributed by atoms with van der Waals surface area (Å²) in [5.74, 6) is 1.51. The Morgan fingerprint density at radius 3 is 2.84 bits per heavy atom. The molecule has 4 nitrogen and oxygen atoms in total. The molecule has 2 heterocycles. The Morgan fingerprint density at radius 2 is 2.04 bits per heavy atom. The smallest absolute Gasteiger partial charge is 0.0656 e. The van der Waals surface area contributed by atoms with Crippen LogP contribution < -0.4 is 0 Å². The molecule has 0 unspecified atom stereocenters. The normalized spacial score (nSPS) is 21.8. The molecule has 0 spiro atoms. The number of piperidine rings is 1. The summed E-state index contributed by atoms with van der Waals surface area (Å²) < 4.78 is 0. The zero-order valence-corrected chi connectivity index (χ0v) is 15.3. The van der Waals surface area contributed by atoms with Gasteiger partial charge in [-0.15, -0.1) is 0 Å². The minimum atomic E-state index is 0.736. The van der Waals surface area contributed by atoms with Gasteiger partial charge in [-0.3, -0.25) is 10.00 Å². The van der Waals surface area contributed by atoms with E-state index in [1.807, 2.05) is 0 Å². The van der Waals surface area contributed by atoms with Crippen molar-refractivity contribution in [2.45, 2.75) is 44.7 Å². The minimum Gasteiger partial charge on any atom is -0.300 e. The lowest BCUT2D eigenvalue weighted by molar-refractivity contribution is 0.135. The molecule has 1 aliphatic heterocycles. The number of rotatable bonds is 7. The molecule has 1 N–H and O–H groups in total. The molecule has 0 bridgehead atoms. The number of hydrogen-bond acceptors (Lipinski definition) is 3. The third-order valence-electron chi connectivity index (χ3n) is 5.51. The van der Waals surface area contributed by atoms with Crippen LogP contribution in [-0.2, 0) is 13.1 Å². The van der Waals surface area contributed by atoms with Crippen LogP contribution in [0.3, 0.4) is 0 Å². The molecular formula is C21H30N4. The Kier molecular flexibility index (Phi) is 5.18. The number of H-pyrrole nitrogens is 1. The van der Waals surface area contributed by atoms with Crippen molar-refractivity contribution in [2.24, 2.45) is 5.92 Å². The Hall–Kier alpha value is -1.65. The molecule has 25 heavy (non-hydrogen) atoms. The van der Waals surface area contributed by atoms with Crippen LogP contribution >= 0.6 is 0 Å². The molecule has 134 valence electrons. The van der Waals surface area contributed by atoms with Gasteiger partial charge < -0.3 is 4.90 Å². The fraction of sp³-hybridized carbons (Fsp3) is 0.571. The van der Waals surface area contributed by atoms with E-state index < -0.39 is 0 Å². The first kappa shape index (κ1) is 16.8. The lowest BCUT2D eigenvalue weighted by Crippen LogP contribution is -2.39. The van der Waals surface area contributed by atoms with Crippen LogP contribution in [-0.4, -0.2) is 46.7 Å². The molecule has 0 amide bonds. The standard InChI is InChI=1S/C21H30N4/c1-24(16-20-12-21(23-22-20)19-9-10-19)13-18-8-5-11-25(15-18)14-17-6-3-2-4-7-17/h2-4,6-7,12,18-19H,5,8-11,13-16H2,1H3,(H,22,23)/t18-/m0/s1. The van der Waals surface area contributed by atoms with E-state index in [1.54, 1.807) is 0 Å². The molecule has 1 aromatic carbocycles. The largest absolute Gasteiger partial charge is 0.300 e. The van der Waals surface area contributed by atoms with Gasteiger partial charge in [-0.2, -0.15) is 5.10 Å². The molecular weight excluding hydrogens is 308 g/mol. The molecule has 1 aliphatic carbocycles. The highest BCUT2D eigenvalue weighted by atomic mass is 15.2. The Balaban J connectivity index is 1.26. The molecule has 2 aliphatic rings. The second-order valence-corrected chi connectivity index (χ2v) is 8.02. The highest BCUT2D eigenvalue weighted by molar-refractivity contribution is 5.17. The van der Waals surface area contributed by atoms with Crippen LogP contribution in [0.2, 0.25) is 0 Å². The zero-order chi connectivity index (χ0) is 17.1. The van der Waals surface area contributed by atoms with Gasteiger partial charge in [0.15, 0.2) is 0 Å². The van der Waals surface area contributed by atoms with Gasteiger partial charge in [-0.25, -0.2) is 0 Å². The molecule has 4 heteroatoms. The number of hydrogen-bond donors (Lipinski definition) is 1. The van der Waals surface area contributed by atoms with E-state index in [2.05, 4.69) is 63.4 Å². The third kappa shape index (κ3) is 4.71. The Bertz CT molecular complexity index is 662. The molecule has 4 rings (SSSR count). The van der Waals surface area contributed by atoms with Gasteiger partial charge in [0.1, 0.15) is 0 Å². The monoisotopic (exact) mass is 338 g/mol. The lowest BCUT2D eigenvalue weighted by atomic mass is 9.97. The summed E-state index contributed by atoms with van der Waals surface area (Å²) in [6.45, 7) is 5.69. The maximum atomic E-state index is 4.48. The van der Waals surface area contributed by atoms with Gasteiger partial charge in [-0.1, -0.05) is 30.3 Å². The number of aromatic nitrogens is 2. The number of nitrogens with one attached hydrogen (secondary N) is 1. The van der Waals surface area contributed by atoms with E-state index in [1.165, 1.54) is 62.3 Å². The number of aromatic amines is 1. The average Bonchev–Trinajstić information content (AvgIpc) is 3.36. The first-order valence-electron chi connectivity index (χ1n) is 9.75. The topological polar surface area (TPSA) is 35.2 Å². The lowest BCUT2D eigenvalue weighted by Gasteiger charge is -2.34. The second kappa shape index (κ2) is 7.71. The van der Waals surface area contributed by atoms with Gasteiger partial charge >= 0.3 is 0 Å². The van der Waals surface area contributed by atoms with Gasteiger partial charge in [0, 0.05) is 37.8 Å². The number of nitrogens with zero attached hydrogens (tertiary/aromatic N) is 3. The SMILES string of the molecule is CN(Cc1cc(C2CC2)n[nH]1)C[C@@H]1CCCN(Cc2ccccc2)C1. The maximum Gasteiger partial charge on any atom is 0.0656 e. The molecule has 2 aromatic rings. The molecule has 1 saturated carbocycles. The van der Waals surface area contributed by atoms with Crippen LogP contribution in [0.4, 0.5) is 0 Å². The summed E-state index contributed by atoms with van der Waals surface area (Å²) in [5.41, 5.74) is 3.97. The van der Waals surface area contributed by atoms with Gasteiger partial charge in [0.2, 0.25) is 0 Å². The summed E-state index contributed by atoms with van der Waals surface area (Å²) >= 11 is 0. The van der Waals surface area contributed by atoms with E-state index in [9.17, 15) is 0 Å². The van der Waals surface area contributed by atoms with Crippen LogP contribution in [0, 0.1) is 5.92 Å². The second-order valence-electron chi connectivity index (χ2n) is 8.02. The highest BCUT2D eigenvalue weighted by Gasteiger charge is 2.26. The van der Waals surface area contributed by atoms with E-state index >= 15 is 0 Å². The van der Waals surface area contributed by atoms with E-state index in [-0.39, 0.29) is 0 Å². The van der Waals surface area contributed by atoms with Crippen LogP contribution in [0.5, 0.6) is 0 Å². The fourth-order valence-corrected chi connectivity index (χ4v) is 4.13. The summed E-state index contributed by atoms with van der Waals surface area (Å²) in [6, 6.07) is 13.1. The molecule has 2 fully saturated rings. The van der Waals surface area contributed by atoms with Crippen molar-refractivity contribution >= 4 is 0 Å². The van der Waals surface area contributed by atoms with Crippen molar-refractivity contribution < 1.29 is 0 Å². The molecule has 1 atom stereocenters. The zero-order valence-electron chi connectivity index (χ0n) is 15.3. The van der Waals surface area contributed by atoms with Crippen molar-refractivity contribution in [2.75, 3.05) is 26.7 Å². The van der Waals surface area contributed by atoms with Crippen molar-refractivity contribution in [3.63, 3.8) is 0 Å². The predicted octanol–water partition coefficient (Wildman–Crippen LogP) is 3.63. The van der Waals surface area contributed by atoms with Crippen LogP contribution in [0.15, 0.2) is 36.4 Å². The summed E-state index contributed by atoms with van der Waals surface area (Å²) in [5, 5.41) is 7.71. The van der Waals surface area contributed by atoms with Gasteiger partial charge in [-0.05, 0) is 56.8 Å². The Morgan fingerprint density at radius 1 is 1.20 bits per heavy atom. The van der Waals surface area contributed by atoms with Crippen molar-refractivity contribution in [3.8, 4) is 0 Å². The third-order valence-corrected chi connectivity index (χ3v) is 5.51. The maximum absolute atomic E-state index is 4.48. The first-order chi connectivity index (χ1) is 12.3. The fourth-order valence-electron chi connectivity index (χ4n) is 4.13. The van der Waals surface area contributed by atoms with Gasteiger partial charge in [0.25, 0.3) is 0 Å². The van der Waals surface area contributed by atoms with Crippen molar-refractivity contribution in [1.29, 1.82) is 0 Å². The van der Waals surface area contributed by atoms with Crippen LogP contribution in [0.25, 0.3) is 0 Å². The minimum absolute atomic E-state index is 0.736. The number of benzene rings is 1. The van der Waals surface area contributed by atoms with E-state index in [0.29, 0.717) is 0 Å². The average molecular weight is 338 g/mol. The van der Waals surface area contributed by atoms with Crippen molar-refractivity contribution in [3.05, 3.63) is 53.3 Å². The predicted molar refractivity (Wildman–Crippen MR) is 101 cm³/mol. The van der Waals surface area contributed by atoms with Crippen molar-refractivity contribution in [1.82, 2.24) is 20.0 Å². The van der Waals surface area contributed by atoms with Crippen LogP contribution in [0.1, 0.15) is 48.6 Å². The number of likely N-dealkylation sites (tertiary alicyclic amines) is 1. The summed E-state index contributed by atoms with van der Waals surface area (Å²) in [4.78, 5) is 5.08. The van der Waals surface area contributed by atoms with E-state index in [4.69, 9.17) is 0 Å². The molecule has 1 aromatic heterocycles.